The van der Waals surface area contributed by atoms with Gasteiger partial charge in [0, 0.05) is 63.8 Å². The first kappa shape index (κ1) is 73.0. The minimum absolute atomic E-state index is 0.0208. The normalized spacial score (nSPS) is 23.5. The number of ether oxygens (including phenoxy) is 4. The molecule has 2 aromatic carbocycles. The summed E-state index contributed by atoms with van der Waals surface area (Å²) < 4.78 is 22.7. The molecule has 5 N–H and O–H groups in total. The van der Waals surface area contributed by atoms with Crippen LogP contribution in [0.15, 0.2) is 60.2 Å². The second kappa shape index (κ2) is 31.6. The zero-order valence-corrected chi connectivity index (χ0v) is 58.1. The largest absolute Gasteiger partial charge is 0.460 e. The van der Waals surface area contributed by atoms with Crippen LogP contribution in [0.1, 0.15) is 230 Å². The van der Waals surface area contributed by atoms with Crippen molar-refractivity contribution in [3.8, 4) is 11.1 Å². The number of allylic oxidation sites excluding steroid dienone is 1. The summed E-state index contributed by atoms with van der Waals surface area (Å²) in [5, 5.41) is 13.7. The van der Waals surface area contributed by atoms with Crippen LogP contribution in [0.3, 0.4) is 0 Å². The lowest BCUT2D eigenvalue weighted by Gasteiger charge is -2.59. The molecule has 0 aliphatic heterocycles. The smallest absolute Gasteiger partial charge is 0.410 e. The Bertz CT molecular complexity index is 2890. The summed E-state index contributed by atoms with van der Waals surface area (Å²) in [6.45, 7) is 28.7. The van der Waals surface area contributed by atoms with Gasteiger partial charge < -0.3 is 50.4 Å². The van der Waals surface area contributed by atoms with Crippen LogP contribution in [0.4, 0.5) is 9.59 Å². The summed E-state index contributed by atoms with van der Waals surface area (Å²) in [6, 6.07) is 13.3. The molecule has 0 radical (unpaired) electrons. The Labute approximate surface area is 549 Å². The fourth-order valence-electron chi connectivity index (χ4n) is 16.0. The quantitative estimate of drug-likeness (QED) is 0.0232. The molecule has 18 nitrogen and oxygen atoms in total. The van der Waals surface area contributed by atoms with Crippen LogP contribution >= 0.6 is 0 Å². The molecule has 0 bridgehead atoms. The average molecular weight is 1280 g/mol. The van der Waals surface area contributed by atoms with Crippen molar-refractivity contribution in [3.05, 3.63) is 71.3 Å². The van der Waals surface area contributed by atoms with E-state index in [4.69, 9.17) is 18.9 Å². The summed E-state index contributed by atoms with van der Waals surface area (Å²) in [5.74, 6) is 0.566. The first-order chi connectivity index (χ1) is 43.2. The van der Waals surface area contributed by atoms with Crippen LogP contribution in [0.25, 0.3) is 11.1 Å². The third-order valence-corrected chi connectivity index (χ3v) is 20.3. The van der Waals surface area contributed by atoms with Gasteiger partial charge in [-0.2, -0.15) is 0 Å². The first-order valence-corrected chi connectivity index (χ1v) is 34.6. The number of hydrogen-bond acceptors (Lipinski definition) is 12. The molecular weight excluding hydrogens is 1160 g/mol. The van der Waals surface area contributed by atoms with Gasteiger partial charge in [0.15, 0.2) is 0 Å². The highest BCUT2D eigenvalue weighted by molar-refractivity contribution is 5.93. The van der Waals surface area contributed by atoms with Crippen LogP contribution in [-0.4, -0.2) is 120 Å². The number of benzene rings is 2. The summed E-state index contributed by atoms with van der Waals surface area (Å²) in [6.07, 6.45) is 13.5. The maximum absolute atomic E-state index is 14.3. The number of alkyl carbamates (subject to hydrolysis) is 1. The molecule has 18 heteroatoms. The van der Waals surface area contributed by atoms with Crippen LogP contribution in [0, 0.1) is 46.3 Å². The molecule has 10 atom stereocenters. The van der Waals surface area contributed by atoms with Crippen molar-refractivity contribution in [1.82, 2.24) is 31.5 Å². The first-order valence-electron chi connectivity index (χ1n) is 34.6. The van der Waals surface area contributed by atoms with Crippen molar-refractivity contribution < 1.29 is 57.3 Å². The predicted molar refractivity (Wildman–Crippen MR) is 357 cm³/mol. The van der Waals surface area contributed by atoms with Gasteiger partial charge in [-0.3, -0.25) is 28.8 Å². The van der Waals surface area contributed by atoms with Gasteiger partial charge in [0.1, 0.15) is 35.5 Å². The van der Waals surface area contributed by atoms with Crippen LogP contribution < -0.4 is 26.6 Å². The molecule has 7 rings (SSSR count). The summed E-state index contributed by atoms with van der Waals surface area (Å²) in [4.78, 5) is 110. The Morgan fingerprint density at radius 3 is 1.79 bits per heavy atom. The molecular formula is C74H112N6O12. The summed E-state index contributed by atoms with van der Waals surface area (Å²) >= 11 is 0. The SMILES string of the molecule is CC(C)CCC[C@@H](C)C1CC[C@H]2[C@H]3CC=C4C[C@@H](N(CCCNC(=O)[C@H](CCC(=O)OC(C)(C)C)NC(=O)[C@H](CCC(=O)OC(C)(C)C)NC(=O)CCNC(=O)CCNC(=O)OCC5c6ccccc6-c6ccccc65)C(=O)OC(C)(C)C)CCC4(C)C3CCC12C. The third-order valence-electron chi connectivity index (χ3n) is 20.3. The second-order valence-corrected chi connectivity index (χ2v) is 31.0. The summed E-state index contributed by atoms with van der Waals surface area (Å²) in [7, 11) is 0. The Kier molecular flexibility index (Phi) is 25.1. The van der Waals surface area contributed by atoms with Gasteiger partial charge in [-0.1, -0.05) is 114 Å². The van der Waals surface area contributed by atoms with Gasteiger partial charge in [-0.15, -0.1) is 0 Å². The standard InChI is InChI=1S/C74H112N6O12/c1-47(2)21-19-22-48(3)57-29-30-58-55-28-27-49-45-50(35-39-73(49,13)59(55)36-40-74(57,58)14)80(69(88)92-72(10,11)12)44-20-41-76-66(85)60(31-33-64(83)90-70(4,5)6)79-67(86)61(32-34-65(84)91-71(7,8)9)78-63(82)38-42-75-62(81)37-43-77-68(87)89-46-56-53-25-17-15-23-51(53)52-24-16-18-26-54(52)56/h15-18,23-27,47-48,50,55-61H,19-22,28-46H2,1-14H3,(H,75,81)(H,76,85)(H,77,87)(H,78,82)(H,79,86)/t48-,50+,55-,57?,58+,59?,60+,61+,73?,74?/m1/s1. The zero-order chi connectivity index (χ0) is 67.3. The molecule has 0 heterocycles. The molecule has 6 amide bonds. The van der Waals surface area contributed by atoms with Gasteiger partial charge in [0.05, 0.1) is 0 Å². The van der Waals surface area contributed by atoms with E-state index in [1.54, 1.807) is 41.5 Å². The van der Waals surface area contributed by atoms with E-state index in [0.29, 0.717) is 30.2 Å². The number of carbonyl (C=O) groups excluding carboxylic acids is 8. The van der Waals surface area contributed by atoms with Gasteiger partial charge in [0.2, 0.25) is 23.6 Å². The average Bonchev–Trinajstić information content (AvgIpc) is 1.32. The van der Waals surface area contributed by atoms with Crippen molar-refractivity contribution in [2.75, 3.05) is 32.8 Å². The predicted octanol–water partition coefficient (Wildman–Crippen LogP) is 12.8. The number of esters is 2. The van der Waals surface area contributed by atoms with Crippen LogP contribution in [0.2, 0.25) is 0 Å². The monoisotopic (exact) mass is 1280 g/mol. The number of rotatable bonds is 28. The minimum Gasteiger partial charge on any atom is -0.460 e. The molecule has 3 fully saturated rings. The molecule has 0 saturated heterocycles. The number of fused-ring (bicyclic) bond motifs is 8. The van der Waals surface area contributed by atoms with Crippen LogP contribution in [0.5, 0.6) is 0 Å². The number of hydrogen-bond donors (Lipinski definition) is 5. The van der Waals surface area contributed by atoms with E-state index < -0.39 is 76.6 Å². The molecule has 5 aliphatic rings. The van der Waals surface area contributed by atoms with Crippen molar-refractivity contribution in [3.63, 3.8) is 0 Å². The summed E-state index contributed by atoms with van der Waals surface area (Å²) in [5.41, 5.74) is 3.90. The molecule has 2 aromatic rings. The second-order valence-electron chi connectivity index (χ2n) is 31.0. The van der Waals surface area contributed by atoms with Crippen molar-refractivity contribution in [1.29, 1.82) is 0 Å². The van der Waals surface area contributed by atoms with Gasteiger partial charge in [0.25, 0.3) is 0 Å². The Balaban J connectivity index is 0.939. The molecule has 0 spiro atoms. The van der Waals surface area contributed by atoms with Gasteiger partial charge in [-0.25, -0.2) is 9.59 Å². The van der Waals surface area contributed by atoms with E-state index >= 15 is 0 Å². The van der Waals surface area contributed by atoms with E-state index in [9.17, 15) is 38.4 Å². The molecule has 510 valence electrons. The highest BCUT2D eigenvalue weighted by Crippen LogP contribution is 2.67. The number of carbonyl (C=O) groups is 8. The number of amides is 6. The van der Waals surface area contributed by atoms with Crippen molar-refractivity contribution in [2.45, 2.75) is 253 Å². The maximum atomic E-state index is 14.3. The highest BCUT2D eigenvalue weighted by Gasteiger charge is 2.59. The third kappa shape index (κ3) is 20.0. The van der Waals surface area contributed by atoms with Crippen molar-refractivity contribution >= 4 is 47.8 Å². The zero-order valence-electron chi connectivity index (χ0n) is 58.1. The molecule has 3 saturated carbocycles. The van der Waals surface area contributed by atoms with E-state index in [-0.39, 0.29) is 82.1 Å². The Hall–Kier alpha value is -6.46. The van der Waals surface area contributed by atoms with E-state index in [1.807, 2.05) is 74.2 Å². The molecule has 0 aromatic heterocycles. The van der Waals surface area contributed by atoms with E-state index in [2.05, 4.69) is 67.3 Å². The lowest BCUT2D eigenvalue weighted by atomic mass is 9.46. The van der Waals surface area contributed by atoms with E-state index in [0.717, 1.165) is 71.6 Å². The lowest BCUT2D eigenvalue weighted by molar-refractivity contribution is -0.156. The molecule has 92 heavy (non-hydrogen) atoms. The molecule has 4 unspecified atom stereocenters. The topological polar surface area (TPSA) is 237 Å². The highest BCUT2D eigenvalue weighted by atomic mass is 16.6. The van der Waals surface area contributed by atoms with Gasteiger partial charge >= 0.3 is 24.1 Å². The van der Waals surface area contributed by atoms with Gasteiger partial charge in [-0.05, 0) is 202 Å². The fraction of sp³-hybridized carbons (Fsp3) is 0.703. The minimum atomic E-state index is -1.33. The van der Waals surface area contributed by atoms with Crippen molar-refractivity contribution in [2.24, 2.45) is 46.3 Å². The maximum Gasteiger partial charge on any atom is 0.410 e. The molecule has 5 aliphatic carbocycles. The Morgan fingerprint density at radius 1 is 0.598 bits per heavy atom. The lowest BCUT2D eigenvalue weighted by Crippen LogP contribution is -2.54. The number of nitrogens with zero attached hydrogens (tertiary/aromatic N) is 1. The Morgan fingerprint density at radius 2 is 1.18 bits per heavy atom. The van der Waals surface area contributed by atoms with E-state index in [1.165, 1.54) is 50.5 Å². The fourth-order valence-corrected chi connectivity index (χ4v) is 16.0. The number of nitrogens with one attached hydrogen (secondary N) is 5. The van der Waals surface area contributed by atoms with Crippen LogP contribution in [-0.2, 0) is 47.7 Å².